The van der Waals surface area contributed by atoms with Gasteiger partial charge in [-0.2, -0.15) is 5.26 Å². The molecule has 0 aliphatic heterocycles. The number of pyridine rings is 2. The lowest BCUT2D eigenvalue weighted by molar-refractivity contribution is 0.386. The molecule has 5 nitrogen and oxygen atoms in total. The molecule has 0 fully saturated rings. The minimum atomic E-state index is 0.331. The van der Waals surface area contributed by atoms with E-state index >= 15 is 0 Å². The van der Waals surface area contributed by atoms with Crippen molar-refractivity contribution in [1.82, 2.24) is 9.97 Å². The topological polar surface area (TPSA) is 68.0 Å². The van der Waals surface area contributed by atoms with E-state index < -0.39 is 0 Å². The highest BCUT2D eigenvalue weighted by Crippen LogP contribution is 2.26. The molecule has 0 spiro atoms. The van der Waals surface area contributed by atoms with Crippen LogP contribution in [-0.4, -0.2) is 24.2 Å². The van der Waals surface area contributed by atoms with Crippen molar-refractivity contribution in [3.05, 3.63) is 23.9 Å². The van der Waals surface area contributed by atoms with Gasteiger partial charge in [0.05, 0.1) is 19.7 Å². The van der Waals surface area contributed by atoms with Crippen molar-refractivity contribution in [2.24, 2.45) is 0 Å². The number of ether oxygens (including phenoxy) is 2. The van der Waals surface area contributed by atoms with Gasteiger partial charge in [0.25, 0.3) is 0 Å². The Morgan fingerprint density at radius 2 is 2.00 bits per heavy atom. The lowest BCUT2D eigenvalue weighted by Crippen LogP contribution is -1.95. The van der Waals surface area contributed by atoms with Crippen molar-refractivity contribution in [3.8, 4) is 17.7 Å². The third-order valence-corrected chi connectivity index (χ3v) is 2.14. The monoisotopic (exact) mass is 215 g/mol. The second-order valence-corrected chi connectivity index (χ2v) is 3.04. The number of aromatic nitrogens is 2. The molecular weight excluding hydrogens is 206 g/mol. The summed E-state index contributed by atoms with van der Waals surface area (Å²) in [5.41, 5.74) is 1.52. The van der Waals surface area contributed by atoms with Gasteiger partial charge in [0.1, 0.15) is 17.3 Å². The Hall–Kier alpha value is -2.35. The van der Waals surface area contributed by atoms with Crippen LogP contribution in [-0.2, 0) is 0 Å². The number of rotatable bonds is 2. The zero-order valence-electron chi connectivity index (χ0n) is 8.89. The Morgan fingerprint density at radius 1 is 1.19 bits per heavy atom. The molecule has 5 heteroatoms. The molecule has 16 heavy (non-hydrogen) atoms. The summed E-state index contributed by atoms with van der Waals surface area (Å²) in [4.78, 5) is 8.34. The zero-order valence-corrected chi connectivity index (χ0v) is 8.89. The van der Waals surface area contributed by atoms with Crippen LogP contribution in [0.15, 0.2) is 18.2 Å². The Labute approximate surface area is 92.3 Å². The second-order valence-electron chi connectivity index (χ2n) is 3.04. The maximum atomic E-state index is 8.76. The first-order chi connectivity index (χ1) is 7.78. The van der Waals surface area contributed by atoms with Crippen molar-refractivity contribution in [3.63, 3.8) is 0 Å². The number of hydrogen-bond acceptors (Lipinski definition) is 5. The van der Waals surface area contributed by atoms with Crippen LogP contribution < -0.4 is 9.47 Å². The zero-order chi connectivity index (χ0) is 11.5. The average Bonchev–Trinajstić information content (AvgIpc) is 2.36. The SMILES string of the molecule is COc1cc(OC)c2nc(C#N)ccc2n1. The van der Waals surface area contributed by atoms with Gasteiger partial charge in [-0.3, -0.25) is 0 Å². The lowest BCUT2D eigenvalue weighted by Gasteiger charge is -2.06. The molecule has 2 aromatic heterocycles. The third-order valence-electron chi connectivity index (χ3n) is 2.14. The fourth-order valence-electron chi connectivity index (χ4n) is 1.38. The van der Waals surface area contributed by atoms with E-state index in [1.54, 1.807) is 18.2 Å². The van der Waals surface area contributed by atoms with Crippen LogP contribution in [0, 0.1) is 11.3 Å². The summed E-state index contributed by atoms with van der Waals surface area (Å²) in [6.07, 6.45) is 0. The maximum Gasteiger partial charge on any atom is 0.217 e. The largest absolute Gasteiger partial charge is 0.494 e. The number of nitrogens with zero attached hydrogens (tertiary/aromatic N) is 3. The Balaban J connectivity index is 2.75. The normalized spacial score (nSPS) is 9.81. The fraction of sp³-hybridized carbons (Fsp3) is 0.182. The standard InChI is InChI=1S/C11H9N3O2/c1-15-9-5-10(16-2)14-8-4-3-7(6-12)13-11(8)9/h3-5H,1-2H3. The average molecular weight is 215 g/mol. The molecule has 80 valence electrons. The fourth-order valence-corrected chi connectivity index (χ4v) is 1.38. The van der Waals surface area contributed by atoms with Crippen molar-refractivity contribution >= 4 is 11.0 Å². The summed E-state index contributed by atoms with van der Waals surface area (Å²) >= 11 is 0. The van der Waals surface area contributed by atoms with Gasteiger partial charge in [-0.15, -0.1) is 0 Å². The number of nitriles is 1. The first-order valence-electron chi connectivity index (χ1n) is 4.58. The van der Waals surface area contributed by atoms with E-state index in [2.05, 4.69) is 9.97 Å². The molecule has 0 saturated heterocycles. The summed E-state index contributed by atoms with van der Waals surface area (Å²) in [6, 6.07) is 6.93. The van der Waals surface area contributed by atoms with Crippen LogP contribution in [0.4, 0.5) is 0 Å². The predicted molar refractivity (Wildman–Crippen MR) is 57.4 cm³/mol. The first-order valence-corrected chi connectivity index (χ1v) is 4.58. The predicted octanol–water partition coefficient (Wildman–Crippen LogP) is 1.52. The van der Waals surface area contributed by atoms with E-state index in [0.29, 0.717) is 28.4 Å². The highest BCUT2D eigenvalue weighted by atomic mass is 16.5. The molecule has 0 unspecified atom stereocenters. The van der Waals surface area contributed by atoms with Crippen LogP contribution in [0.25, 0.3) is 11.0 Å². The van der Waals surface area contributed by atoms with Crippen LogP contribution in [0.5, 0.6) is 11.6 Å². The molecule has 2 rings (SSSR count). The van der Waals surface area contributed by atoms with E-state index in [1.165, 1.54) is 14.2 Å². The molecule has 2 heterocycles. The molecule has 0 aliphatic carbocycles. The molecular formula is C11H9N3O2. The highest BCUT2D eigenvalue weighted by Gasteiger charge is 2.08. The summed E-state index contributed by atoms with van der Waals surface area (Å²) < 4.78 is 10.2. The number of methoxy groups -OCH3 is 2. The molecule has 2 aromatic rings. The molecule has 0 amide bonds. The Kier molecular flexibility index (Phi) is 2.56. The quantitative estimate of drug-likeness (QED) is 0.759. The smallest absolute Gasteiger partial charge is 0.217 e. The van der Waals surface area contributed by atoms with Gasteiger partial charge >= 0.3 is 0 Å². The lowest BCUT2D eigenvalue weighted by atomic mass is 10.2. The van der Waals surface area contributed by atoms with Gasteiger partial charge in [0.2, 0.25) is 5.88 Å². The minimum absolute atomic E-state index is 0.331. The van der Waals surface area contributed by atoms with Crippen molar-refractivity contribution < 1.29 is 9.47 Å². The molecule has 0 aliphatic rings. The maximum absolute atomic E-state index is 8.76. The van der Waals surface area contributed by atoms with Crippen LogP contribution >= 0.6 is 0 Å². The minimum Gasteiger partial charge on any atom is -0.494 e. The highest BCUT2D eigenvalue weighted by molar-refractivity contribution is 5.82. The van der Waals surface area contributed by atoms with E-state index in [9.17, 15) is 0 Å². The van der Waals surface area contributed by atoms with E-state index in [4.69, 9.17) is 14.7 Å². The molecule has 0 saturated carbocycles. The van der Waals surface area contributed by atoms with E-state index in [1.807, 2.05) is 6.07 Å². The molecule has 0 aromatic carbocycles. The second kappa shape index (κ2) is 4.03. The molecule has 0 radical (unpaired) electrons. The summed E-state index contributed by atoms with van der Waals surface area (Å²) in [5.74, 6) is 0.995. The number of hydrogen-bond donors (Lipinski definition) is 0. The molecule has 0 bridgehead atoms. The third kappa shape index (κ3) is 1.61. The Bertz CT molecular complexity index is 575. The van der Waals surface area contributed by atoms with Crippen molar-refractivity contribution in [2.45, 2.75) is 0 Å². The van der Waals surface area contributed by atoms with E-state index in [0.717, 1.165) is 0 Å². The van der Waals surface area contributed by atoms with Crippen LogP contribution in [0.1, 0.15) is 5.69 Å². The van der Waals surface area contributed by atoms with Gasteiger partial charge < -0.3 is 9.47 Å². The number of fused-ring (bicyclic) bond motifs is 1. The van der Waals surface area contributed by atoms with Crippen molar-refractivity contribution in [1.29, 1.82) is 5.26 Å². The van der Waals surface area contributed by atoms with Gasteiger partial charge in [0.15, 0.2) is 5.75 Å². The first kappa shape index (κ1) is 10.2. The van der Waals surface area contributed by atoms with Gasteiger partial charge in [0, 0.05) is 6.07 Å². The van der Waals surface area contributed by atoms with Crippen LogP contribution in [0.2, 0.25) is 0 Å². The molecule has 0 atom stereocenters. The summed E-state index contributed by atoms with van der Waals surface area (Å²) in [6.45, 7) is 0. The summed E-state index contributed by atoms with van der Waals surface area (Å²) in [5, 5.41) is 8.76. The van der Waals surface area contributed by atoms with Crippen molar-refractivity contribution in [2.75, 3.05) is 14.2 Å². The van der Waals surface area contributed by atoms with Gasteiger partial charge in [-0.05, 0) is 12.1 Å². The Morgan fingerprint density at radius 3 is 2.62 bits per heavy atom. The van der Waals surface area contributed by atoms with E-state index in [-0.39, 0.29) is 0 Å². The van der Waals surface area contributed by atoms with Gasteiger partial charge in [-0.1, -0.05) is 0 Å². The van der Waals surface area contributed by atoms with Gasteiger partial charge in [-0.25, -0.2) is 9.97 Å². The van der Waals surface area contributed by atoms with Crippen LogP contribution in [0.3, 0.4) is 0 Å². The summed E-state index contributed by atoms with van der Waals surface area (Å²) in [7, 11) is 3.07. The molecule has 0 N–H and O–H groups in total.